The monoisotopic (exact) mass is 528 g/mol. The van der Waals surface area contributed by atoms with E-state index in [9.17, 15) is 9.59 Å². The number of hydrogen-bond acceptors (Lipinski definition) is 8. The zero-order valence-electron chi connectivity index (χ0n) is 21.3. The van der Waals surface area contributed by atoms with Crippen LogP contribution in [0.25, 0.3) is 0 Å². The van der Waals surface area contributed by atoms with Crippen LogP contribution in [0, 0.1) is 12.8 Å². The minimum absolute atomic E-state index is 0.139. The quantitative estimate of drug-likeness (QED) is 0.295. The molecule has 36 heavy (non-hydrogen) atoms. The lowest BCUT2D eigenvalue weighted by molar-refractivity contribution is -0.113. The van der Waals surface area contributed by atoms with Gasteiger partial charge in [0.25, 0.3) is 0 Å². The molecule has 3 aromatic rings. The number of benzene rings is 1. The molecule has 1 aliphatic carbocycles. The Morgan fingerprint density at radius 1 is 1.28 bits per heavy atom. The fraction of sp³-hybridized carbons (Fsp3) is 0.462. The fourth-order valence-corrected chi connectivity index (χ4v) is 6.36. The summed E-state index contributed by atoms with van der Waals surface area (Å²) in [5.74, 6) is 1.56. The Balaban J connectivity index is 1.41. The van der Waals surface area contributed by atoms with Gasteiger partial charge in [-0.25, -0.2) is 4.79 Å². The molecule has 4 rings (SSSR count). The van der Waals surface area contributed by atoms with Crippen molar-refractivity contribution >= 4 is 40.0 Å². The zero-order chi connectivity index (χ0) is 25.8. The highest BCUT2D eigenvalue weighted by molar-refractivity contribution is 7.99. The van der Waals surface area contributed by atoms with Gasteiger partial charge < -0.3 is 19.4 Å². The minimum atomic E-state index is -0.368. The van der Waals surface area contributed by atoms with Gasteiger partial charge in [0.2, 0.25) is 5.91 Å². The van der Waals surface area contributed by atoms with Crippen LogP contribution < -0.4 is 10.1 Å². The van der Waals surface area contributed by atoms with E-state index < -0.39 is 0 Å². The number of carbonyl (C=O) groups excluding carboxylic acids is 2. The molecule has 2 aromatic heterocycles. The van der Waals surface area contributed by atoms with Crippen LogP contribution in [0.2, 0.25) is 0 Å². The first-order valence-corrected chi connectivity index (χ1v) is 13.9. The molecule has 1 aromatic carbocycles. The first-order valence-electron chi connectivity index (χ1n) is 12.1. The Bertz CT molecular complexity index is 1240. The van der Waals surface area contributed by atoms with Crippen molar-refractivity contribution in [2.24, 2.45) is 13.0 Å². The molecule has 0 radical (unpaired) electrons. The summed E-state index contributed by atoms with van der Waals surface area (Å²) in [6.45, 7) is 8.24. The second-order valence-electron chi connectivity index (χ2n) is 9.09. The second-order valence-corrected chi connectivity index (χ2v) is 11.1. The molecule has 1 amide bonds. The molecule has 192 valence electrons. The van der Waals surface area contributed by atoms with E-state index >= 15 is 0 Å². The van der Waals surface area contributed by atoms with Gasteiger partial charge in [-0.15, -0.1) is 21.5 Å². The molecule has 2 heterocycles. The van der Waals surface area contributed by atoms with Gasteiger partial charge in [-0.1, -0.05) is 36.4 Å². The number of nitrogens with one attached hydrogen (secondary N) is 1. The third-order valence-corrected chi connectivity index (χ3v) is 8.33. The number of aryl methyl sites for hydroxylation is 1. The van der Waals surface area contributed by atoms with Crippen LogP contribution in [0.5, 0.6) is 5.75 Å². The molecule has 0 saturated heterocycles. The van der Waals surface area contributed by atoms with Gasteiger partial charge in [-0.2, -0.15) is 0 Å². The van der Waals surface area contributed by atoms with Gasteiger partial charge in [-0.3, -0.25) is 4.79 Å². The van der Waals surface area contributed by atoms with Crippen molar-refractivity contribution in [3.63, 3.8) is 0 Å². The van der Waals surface area contributed by atoms with Crippen LogP contribution in [0.4, 0.5) is 5.00 Å². The molecule has 0 aliphatic heterocycles. The summed E-state index contributed by atoms with van der Waals surface area (Å²) < 4.78 is 13.1. The van der Waals surface area contributed by atoms with Crippen molar-refractivity contribution in [3.8, 4) is 5.75 Å². The average molecular weight is 529 g/mol. The number of amides is 1. The Morgan fingerprint density at radius 3 is 2.75 bits per heavy atom. The minimum Gasteiger partial charge on any atom is -0.483 e. The third kappa shape index (κ3) is 5.92. The van der Waals surface area contributed by atoms with Crippen molar-refractivity contribution in [1.82, 2.24) is 14.8 Å². The van der Waals surface area contributed by atoms with E-state index in [0.717, 1.165) is 36.1 Å². The summed E-state index contributed by atoms with van der Waals surface area (Å²) in [4.78, 5) is 26.7. The van der Waals surface area contributed by atoms with Gasteiger partial charge in [0, 0.05) is 11.9 Å². The predicted molar refractivity (Wildman–Crippen MR) is 142 cm³/mol. The number of nitrogens with zero attached hydrogens (tertiary/aromatic N) is 3. The van der Waals surface area contributed by atoms with Gasteiger partial charge in [0.15, 0.2) is 17.1 Å². The molecular formula is C26H32N4O4S2. The highest BCUT2D eigenvalue weighted by Gasteiger charge is 2.29. The molecule has 2 atom stereocenters. The number of thiophene rings is 1. The van der Waals surface area contributed by atoms with E-state index in [-0.39, 0.29) is 23.7 Å². The molecule has 0 bridgehead atoms. The maximum Gasteiger partial charge on any atom is 0.341 e. The van der Waals surface area contributed by atoms with E-state index in [1.807, 2.05) is 49.7 Å². The first kappa shape index (κ1) is 26.2. The molecule has 1 N–H and O–H groups in total. The van der Waals surface area contributed by atoms with Crippen molar-refractivity contribution in [1.29, 1.82) is 0 Å². The Morgan fingerprint density at radius 2 is 2.03 bits per heavy atom. The number of carbonyl (C=O) groups is 2. The summed E-state index contributed by atoms with van der Waals surface area (Å²) in [5.41, 5.74) is 2.71. The normalized spacial score (nSPS) is 15.8. The van der Waals surface area contributed by atoms with Crippen LogP contribution in [0.1, 0.15) is 65.5 Å². The lowest BCUT2D eigenvalue weighted by Crippen LogP contribution is -2.18. The van der Waals surface area contributed by atoms with Gasteiger partial charge in [0.1, 0.15) is 10.8 Å². The van der Waals surface area contributed by atoms with Crippen LogP contribution in [-0.2, 0) is 29.4 Å². The van der Waals surface area contributed by atoms with Crippen LogP contribution >= 0.6 is 23.1 Å². The van der Waals surface area contributed by atoms with Crippen LogP contribution in [0.15, 0.2) is 29.4 Å². The molecule has 0 saturated carbocycles. The van der Waals surface area contributed by atoms with Crippen molar-refractivity contribution in [2.45, 2.75) is 58.2 Å². The third-order valence-electron chi connectivity index (χ3n) is 6.14. The van der Waals surface area contributed by atoms with Gasteiger partial charge in [0.05, 0.1) is 17.9 Å². The number of rotatable bonds is 9. The standard InChI is InChI=1S/C26H32N4O4S2/c1-6-33-25(32)22-19-12-9-16(3)13-20(19)36-24(22)27-21(31)14-35-26-29-28-23(30(26)5)17(4)34-18-10-7-15(2)8-11-18/h7-8,10-11,16-17H,6,9,12-14H2,1-5H3,(H,27,31). The lowest BCUT2D eigenvalue weighted by atomic mass is 9.88. The molecule has 0 spiro atoms. The van der Waals surface area contributed by atoms with Crippen molar-refractivity contribution < 1.29 is 19.1 Å². The molecule has 1 aliphatic rings. The largest absolute Gasteiger partial charge is 0.483 e. The van der Waals surface area contributed by atoms with Crippen LogP contribution in [-0.4, -0.2) is 39.0 Å². The highest BCUT2D eigenvalue weighted by atomic mass is 32.2. The molecule has 2 unspecified atom stereocenters. The van der Waals surface area contributed by atoms with Crippen LogP contribution in [0.3, 0.4) is 0 Å². The topological polar surface area (TPSA) is 95.3 Å². The number of ether oxygens (including phenoxy) is 2. The summed E-state index contributed by atoms with van der Waals surface area (Å²) in [5, 5.41) is 12.7. The summed E-state index contributed by atoms with van der Waals surface area (Å²) in [6.07, 6.45) is 2.47. The zero-order valence-corrected chi connectivity index (χ0v) is 22.9. The summed E-state index contributed by atoms with van der Waals surface area (Å²) >= 11 is 2.78. The molecule has 0 fully saturated rings. The van der Waals surface area contributed by atoms with E-state index in [4.69, 9.17) is 9.47 Å². The Kier molecular flexibility index (Phi) is 8.35. The van der Waals surface area contributed by atoms with E-state index in [2.05, 4.69) is 22.4 Å². The fourth-order valence-electron chi connectivity index (χ4n) is 4.23. The van der Waals surface area contributed by atoms with E-state index in [1.54, 1.807) is 6.92 Å². The second kappa shape index (κ2) is 11.5. The summed E-state index contributed by atoms with van der Waals surface area (Å²) in [6, 6.07) is 7.85. The Hall–Kier alpha value is -2.85. The van der Waals surface area contributed by atoms with E-state index in [0.29, 0.717) is 34.1 Å². The van der Waals surface area contributed by atoms with Gasteiger partial charge in [-0.05, 0) is 63.6 Å². The number of thioether (sulfide) groups is 1. The maximum absolute atomic E-state index is 12.9. The van der Waals surface area contributed by atoms with E-state index in [1.165, 1.54) is 28.0 Å². The number of aromatic nitrogens is 3. The van der Waals surface area contributed by atoms with Crippen molar-refractivity contribution in [3.05, 3.63) is 51.7 Å². The smallest absolute Gasteiger partial charge is 0.341 e. The maximum atomic E-state index is 12.9. The summed E-state index contributed by atoms with van der Waals surface area (Å²) in [7, 11) is 1.86. The average Bonchev–Trinajstić information content (AvgIpc) is 3.38. The number of anilines is 1. The van der Waals surface area contributed by atoms with Gasteiger partial charge >= 0.3 is 5.97 Å². The number of fused-ring (bicyclic) bond motifs is 1. The number of esters is 1. The molecular weight excluding hydrogens is 496 g/mol. The predicted octanol–water partition coefficient (Wildman–Crippen LogP) is 5.36. The number of hydrogen-bond donors (Lipinski definition) is 1. The lowest BCUT2D eigenvalue weighted by Gasteiger charge is -2.18. The SMILES string of the molecule is CCOC(=O)c1c(NC(=O)CSc2nnc(C(C)Oc3ccc(C)cc3)n2C)sc2c1CCC(C)C2. The molecule has 10 heteroatoms. The Labute approximate surface area is 219 Å². The highest BCUT2D eigenvalue weighted by Crippen LogP contribution is 2.40. The molecule has 8 nitrogen and oxygen atoms in total. The first-order chi connectivity index (χ1) is 17.3. The van der Waals surface area contributed by atoms with Crippen molar-refractivity contribution in [2.75, 3.05) is 17.7 Å².